The maximum atomic E-state index is 6.50. The van der Waals surface area contributed by atoms with Gasteiger partial charge < -0.3 is 19.1 Å². The predicted octanol–water partition coefficient (Wildman–Crippen LogP) is 14.2. The van der Waals surface area contributed by atoms with Crippen molar-refractivity contribution in [2.45, 2.75) is 180 Å². The van der Waals surface area contributed by atoms with Gasteiger partial charge in [0, 0.05) is 45.9 Å². The van der Waals surface area contributed by atoms with Crippen molar-refractivity contribution in [1.29, 1.82) is 0 Å². The van der Waals surface area contributed by atoms with Crippen molar-refractivity contribution in [3.8, 4) is 5.75 Å². The fraction of sp³-hybridized carbons (Fsp3) is 0.725. The highest BCUT2D eigenvalue weighted by Gasteiger charge is 2.21. The van der Waals surface area contributed by atoms with E-state index in [1.807, 2.05) is 6.07 Å². The summed E-state index contributed by atoms with van der Waals surface area (Å²) in [5, 5.41) is 0. The van der Waals surface area contributed by atoms with Crippen LogP contribution in [0.2, 0.25) is 0 Å². The zero-order valence-electron chi connectivity index (χ0n) is 37.0. The summed E-state index contributed by atoms with van der Waals surface area (Å²) in [6, 6.07) is 8.40. The Hall–Kier alpha value is -2.34. The molecule has 1 aliphatic heterocycles. The van der Waals surface area contributed by atoms with Gasteiger partial charge in [-0.2, -0.15) is 0 Å². The van der Waals surface area contributed by atoms with Gasteiger partial charge in [0.25, 0.3) is 0 Å². The van der Waals surface area contributed by atoms with E-state index in [4.69, 9.17) is 14.2 Å². The number of para-hydroxylation sites is 2. The van der Waals surface area contributed by atoms with Gasteiger partial charge in [-0.1, -0.05) is 152 Å². The Labute approximate surface area is 347 Å². The quantitative estimate of drug-likeness (QED) is 0.0493. The lowest BCUT2D eigenvalue weighted by Crippen LogP contribution is -2.47. The standard InChI is InChI=1S/C51H88N2O3/c1-4-6-8-10-12-14-16-18-20-22-24-26-28-30-32-36-46-55-48-49(40-41-52-42-44-53(45-43-52)50-38-34-35-39-51(50)54-3)56-47-37-33-31-29-27-25-23-21-19-17-15-13-11-9-7-5-2/h12-15,18-21,34-35,38-39,49H,4-11,16-17,22-33,36-37,40-48H2,1-3H3. The summed E-state index contributed by atoms with van der Waals surface area (Å²) in [5.74, 6) is 0.968. The third-order valence-corrected chi connectivity index (χ3v) is 11.1. The Morgan fingerprint density at radius 1 is 0.554 bits per heavy atom. The number of rotatable bonds is 38. The van der Waals surface area contributed by atoms with Crippen LogP contribution in [-0.4, -0.2) is 70.7 Å². The van der Waals surface area contributed by atoms with Crippen LogP contribution in [0.25, 0.3) is 0 Å². The van der Waals surface area contributed by atoms with Crippen LogP contribution in [0.4, 0.5) is 5.69 Å². The molecule has 1 heterocycles. The minimum atomic E-state index is 0.185. The molecular formula is C51H88N2O3. The maximum Gasteiger partial charge on any atom is 0.142 e. The fourth-order valence-electron chi connectivity index (χ4n) is 7.39. The smallest absolute Gasteiger partial charge is 0.142 e. The van der Waals surface area contributed by atoms with Gasteiger partial charge in [-0.05, 0) is 95.6 Å². The molecule has 1 fully saturated rings. The second-order valence-electron chi connectivity index (χ2n) is 16.0. The van der Waals surface area contributed by atoms with Crippen LogP contribution < -0.4 is 9.64 Å². The normalized spacial score (nSPS) is 14.7. The zero-order chi connectivity index (χ0) is 39.8. The number of hydrogen-bond acceptors (Lipinski definition) is 5. The number of piperazine rings is 1. The molecule has 1 saturated heterocycles. The SMILES string of the molecule is CCCCCC=CCC=CCCCCCCCCOCC(CCN1CCN(c2ccccc2OC)CC1)OCCCCCCCCC=CCC=CCCCCC. The molecule has 56 heavy (non-hydrogen) atoms. The van der Waals surface area contributed by atoms with Crippen LogP contribution in [0.1, 0.15) is 174 Å². The summed E-state index contributed by atoms with van der Waals surface area (Å²) in [5.41, 5.74) is 1.21. The predicted molar refractivity (Wildman–Crippen MR) is 246 cm³/mol. The van der Waals surface area contributed by atoms with Crippen LogP contribution in [0.15, 0.2) is 72.9 Å². The molecule has 5 heteroatoms. The van der Waals surface area contributed by atoms with Crippen molar-refractivity contribution in [3.63, 3.8) is 0 Å². The highest BCUT2D eigenvalue weighted by Crippen LogP contribution is 2.28. The molecule has 2 rings (SSSR count). The Kier molecular flexibility index (Phi) is 34.0. The van der Waals surface area contributed by atoms with Crippen LogP contribution in [0, 0.1) is 0 Å². The molecule has 0 aliphatic carbocycles. The monoisotopic (exact) mass is 777 g/mol. The maximum absolute atomic E-state index is 6.50. The molecule has 5 nitrogen and oxygen atoms in total. The second kappa shape index (κ2) is 38.2. The molecule has 1 aromatic rings. The minimum absolute atomic E-state index is 0.185. The molecule has 1 unspecified atom stereocenters. The molecule has 0 amide bonds. The van der Waals surface area contributed by atoms with Gasteiger partial charge >= 0.3 is 0 Å². The van der Waals surface area contributed by atoms with Crippen LogP contribution in [0.3, 0.4) is 0 Å². The van der Waals surface area contributed by atoms with Crippen molar-refractivity contribution in [3.05, 3.63) is 72.9 Å². The third kappa shape index (κ3) is 28.1. The molecule has 0 saturated carbocycles. The van der Waals surface area contributed by atoms with Gasteiger partial charge in [0.1, 0.15) is 5.75 Å². The summed E-state index contributed by atoms with van der Waals surface area (Å²) >= 11 is 0. The molecule has 1 atom stereocenters. The highest BCUT2D eigenvalue weighted by atomic mass is 16.5. The Bertz CT molecular complexity index is 1110. The molecule has 1 aliphatic rings. The van der Waals surface area contributed by atoms with E-state index < -0.39 is 0 Å². The first-order valence-corrected chi connectivity index (χ1v) is 23.7. The number of anilines is 1. The number of unbranched alkanes of at least 4 members (excludes halogenated alkanes) is 18. The van der Waals surface area contributed by atoms with E-state index in [1.54, 1.807) is 7.11 Å². The lowest BCUT2D eigenvalue weighted by atomic mass is 10.1. The highest BCUT2D eigenvalue weighted by molar-refractivity contribution is 5.58. The van der Waals surface area contributed by atoms with Crippen LogP contribution in [-0.2, 0) is 9.47 Å². The summed E-state index contributed by atoms with van der Waals surface area (Å²) in [6.45, 7) is 12.3. The van der Waals surface area contributed by atoms with E-state index >= 15 is 0 Å². The van der Waals surface area contributed by atoms with E-state index in [-0.39, 0.29) is 6.10 Å². The Morgan fingerprint density at radius 2 is 1.04 bits per heavy atom. The van der Waals surface area contributed by atoms with E-state index in [0.29, 0.717) is 0 Å². The van der Waals surface area contributed by atoms with Gasteiger partial charge in [-0.25, -0.2) is 0 Å². The number of allylic oxidation sites excluding steroid dienone is 8. The van der Waals surface area contributed by atoms with E-state index in [2.05, 4.69) is 90.5 Å². The van der Waals surface area contributed by atoms with Crippen molar-refractivity contribution in [2.24, 2.45) is 0 Å². The Morgan fingerprint density at radius 3 is 1.57 bits per heavy atom. The van der Waals surface area contributed by atoms with Crippen molar-refractivity contribution >= 4 is 5.69 Å². The van der Waals surface area contributed by atoms with E-state index in [9.17, 15) is 0 Å². The van der Waals surface area contributed by atoms with Gasteiger partial charge in [0.2, 0.25) is 0 Å². The van der Waals surface area contributed by atoms with Crippen molar-refractivity contribution in [2.75, 3.05) is 64.6 Å². The largest absolute Gasteiger partial charge is 0.495 e. The molecule has 1 aromatic carbocycles. The van der Waals surface area contributed by atoms with Gasteiger partial charge in [0.15, 0.2) is 0 Å². The number of hydrogen-bond donors (Lipinski definition) is 0. The number of methoxy groups -OCH3 is 1. The molecule has 0 bridgehead atoms. The topological polar surface area (TPSA) is 34.2 Å². The molecular weight excluding hydrogens is 689 g/mol. The first-order valence-electron chi connectivity index (χ1n) is 23.7. The van der Waals surface area contributed by atoms with E-state index in [0.717, 1.165) is 90.4 Å². The first-order chi connectivity index (χ1) is 27.8. The number of nitrogens with zero attached hydrogens (tertiary/aromatic N) is 2. The zero-order valence-corrected chi connectivity index (χ0v) is 37.0. The number of ether oxygens (including phenoxy) is 3. The molecule has 320 valence electrons. The summed E-state index contributed by atoms with van der Waals surface area (Å²) < 4.78 is 18.4. The fourth-order valence-corrected chi connectivity index (χ4v) is 7.39. The molecule has 0 N–H and O–H groups in total. The molecule has 0 radical (unpaired) electrons. The Balaban J connectivity index is 1.58. The summed E-state index contributed by atoms with van der Waals surface area (Å²) in [4.78, 5) is 5.07. The molecule has 0 aromatic heterocycles. The van der Waals surface area contributed by atoms with Crippen LogP contribution in [0.5, 0.6) is 5.75 Å². The lowest BCUT2D eigenvalue weighted by molar-refractivity contribution is -0.0264. The number of benzene rings is 1. The molecule has 0 spiro atoms. The summed E-state index contributed by atoms with van der Waals surface area (Å²) in [6.07, 6.45) is 50.6. The van der Waals surface area contributed by atoms with Gasteiger partial charge in [-0.3, -0.25) is 4.90 Å². The van der Waals surface area contributed by atoms with Gasteiger partial charge in [0.05, 0.1) is 25.5 Å². The van der Waals surface area contributed by atoms with Crippen molar-refractivity contribution < 1.29 is 14.2 Å². The average Bonchev–Trinajstić information content (AvgIpc) is 3.23. The average molecular weight is 777 g/mol. The van der Waals surface area contributed by atoms with Crippen LogP contribution >= 0.6 is 0 Å². The first kappa shape index (κ1) is 49.8. The van der Waals surface area contributed by atoms with Gasteiger partial charge in [-0.15, -0.1) is 0 Å². The minimum Gasteiger partial charge on any atom is -0.495 e. The van der Waals surface area contributed by atoms with Crippen molar-refractivity contribution in [1.82, 2.24) is 4.90 Å². The second-order valence-corrected chi connectivity index (χ2v) is 16.0. The third-order valence-electron chi connectivity index (χ3n) is 11.1. The van der Waals surface area contributed by atoms with E-state index in [1.165, 1.54) is 134 Å². The lowest BCUT2D eigenvalue weighted by Gasteiger charge is -2.37. The summed E-state index contributed by atoms with van der Waals surface area (Å²) in [7, 11) is 1.77.